The first-order valence-electron chi connectivity index (χ1n) is 6.37. The van der Waals surface area contributed by atoms with Gasteiger partial charge in [-0.1, -0.05) is 13.8 Å². The Hall–Kier alpha value is -0.610. The molecule has 0 fully saturated rings. The molecule has 1 amide bonds. The van der Waals surface area contributed by atoms with E-state index in [2.05, 4.69) is 24.1 Å². The van der Waals surface area contributed by atoms with Gasteiger partial charge in [0.2, 0.25) is 5.91 Å². The summed E-state index contributed by atoms with van der Waals surface area (Å²) in [5.41, 5.74) is 5.45. The maximum atomic E-state index is 11.2. The number of amides is 1. The van der Waals surface area contributed by atoms with E-state index in [0.717, 1.165) is 32.6 Å². The van der Waals surface area contributed by atoms with Crippen molar-refractivity contribution in [3.05, 3.63) is 0 Å². The fourth-order valence-electron chi connectivity index (χ4n) is 1.64. The van der Waals surface area contributed by atoms with Crippen molar-refractivity contribution in [1.82, 2.24) is 10.2 Å². The van der Waals surface area contributed by atoms with Crippen molar-refractivity contribution in [3.63, 3.8) is 0 Å². The second-order valence-corrected chi connectivity index (χ2v) is 4.27. The fraction of sp³-hybridized carbons (Fsp3) is 0.917. The highest BCUT2D eigenvalue weighted by Crippen LogP contribution is 1.95. The molecule has 0 saturated carbocycles. The van der Waals surface area contributed by atoms with E-state index >= 15 is 0 Å². The molecule has 0 aliphatic heterocycles. The monoisotopic (exact) mass is 229 g/mol. The third-order valence-corrected chi connectivity index (χ3v) is 2.44. The quantitative estimate of drug-likeness (QED) is 0.579. The van der Waals surface area contributed by atoms with Crippen LogP contribution in [0.4, 0.5) is 0 Å². The predicted molar refractivity (Wildman–Crippen MR) is 68.3 cm³/mol. The van der Waals surface area contributed by atoms with E-state index in [1.165, 1.54) is 12.8 Å². The predicted octanol–water partition coefficient (Wildman–Crippen LogP) is 0.962. The molecule has 3 N–H and O–H groups in total. The highest BCUT2D eigenvalue weighted by molar-refractivity contribution is 5.80. The van der Waals surface area contributed by atoms with Crippen molar-refractivity contribution in [2.45, 2.75) is 46.1 Å². The summed E-state index contributed by atoms with van der Waals surface area (Å²) in [7, 11) is 0. The van der Waals surface area contributed by atoms with E-state index in [1.807, 2.05) is 0 Å². The summed E-state index contributed by atoms with van der Waals surface area (Å²) in [5, 5.41) is 2.83. The Morgan fingerprint density at radius 1 is 1.25 bits per heavy atom. The van der Waals surface area contributed by atoms with Crippen LogP contribution in [0.2, 0.25) is 0 Å². The first kappa shape index (κ1) is 15.4. The van der Waals surface area contributed by atoms with Gasteiger partial charge in [-0.3, -0.25) is 4.79 Å². The second-order valence-electron chi connectivity index (χ2n) is 4.27. The zero-order valence-electron chi connectivity index (χ0n) is 11.0. The minimum atomic E-state index is -0.401. The Kier molecular flexibility index (Phi) is 9.24. The molecule has 0 heterocycles. The summed E-state index contributed by atoms with van der Waals surface area (Å²) in [6.07, 6.45) is 3.37. The smallest absolute Gasteiger partial charge is 0.236 e. The van der Waals surface area contributed by atoms with Gasteiger partial charge in [0.05, 0.1) is 6.04 Å². The molecule has 0 aliphatic rings. The second kappa shape index (κ2) is 9.60. The van der Waals surface area contributed by atoms with Crippen molar-refractivity contribution in [3.8, 4) is 0 Å². The van der Waals surface area contributed by atoms with Crippen LogP contribution >= 0.6 is 0 Å². The first-order valence-corrected chi connectivity index (χ1v) is 6.37. The molecule has 0 rings (SSSR count). The Labute approximate surface area is 99.6 Å². The van der Waals surface area contributed by atoms with Crippen LogP contribution in [0.15, 0.2) is 0 Å². The standard InChI is InChI=1S/C12H27N3O/c1-4-8-15(9-5-2)10-6-7-14-12(16)11(3)13/h11H,4-10,13H2,1-3H3,(H,14,16). The van der Waals surface area contributed by atoms with Crippen LogP contribution in [0.25, 0.3) is 0 Å². The van der Waals surface area contributed by atoms with Crippen LogP contribution in [0.5, 0.6) is 0 Å². The zero-order chi connectivity index (χ0) is 12.4. The van der Waals surface area contributed by atoms with Crippen molar-refractivity contribution in [2.75, 3.05) is 26.2 Å². The number of carbonyl (C=O) groups excluding carboxylic acids is 1. The summed E-state index contributed by atoms with van der Waals surface area (Å²) >= 11 is 0. The van der Waals surface area contributed by atoms with Gasteiger partial charge < -0.3 is 16.0 Å². The van der Waals surface area contributed by atoms with Crippen molar-refractivity contribution in [2.24, 2.45) is 5.73 Å². The normalized spacial score (nSPS) is 12.8. The number of hydrogen-bond acceptors (Lipinski definition) is 3. The summed E-state index contributed by atoms with van der Waals surface area (Å²) in [4.78, 5) is 13.6. The molecule has 0 aliphatic carbocycles. The zero-order valence-corrected chi connectivity index (χ0v) is 11.0. The lowest BCUT2D eigenvalue weighted by Crippen LogP contribution is -2.39. The Bertz CT molecular complexity index is 177. The van der Waals surface area contributed by atoms with Gasteiger partial charge >= 0.3 is 0 Å². The lowest BCUT2D eigenvalue weighted by molar-refractivity contribution is -0.121. The molecule has 4 heteroatoms. The molecular weight excluding hydrogens is 202 g/mol. The largest absolute Gasteiger partial charge is 0.355 e. The summed E-state index contributed by atoms with van der Waals surface area (Å²) in [6.45, 7) is 10.2. The molecule has 4 nitrogen and oxygen atoms in total. The molecule has 0 radical (unpaired) electrons. The van der Waals surface area contributed by atoms with Gasteiger partial charge in [-0.25, -0.2) is 0 Å². The van der Waals surface area contributed by atoms with Crippen LogP contribution < -0.4 is 11.1 Å². The van der Waals surface area contributed by atoms with Gasteiger partial charge in [-0.2, -0.15) is 0 Å². The summed E-state index contributed by atoms with van der Waals surface area (Å²) < 4.78 is 0. The lowest BCUT2D eigenvalue weighted by atomic mass is 10.3. The van der Waals surface area contributed by atoms with Crippen molar-refractivity contribution in [1.29, 1.82) is 0 Å². The van der Waals surface area contributed by atoms with E-state index in [1.54, 1.807) is 6.92 Å². The fourth-order valence-corrected chi connectivity index (χ4v) is 1.64. The maximum Gasteiger partial charge on any atom is 0.236 e. The SMILES string of the molecule is CCCN(CCC)CCCNC(=O)C(C)N. The molecule has 96 valence electrons. The van der Waals surface area contributed by atoms with E-state index in [9.17, 15) is 4.79 Å². The van der Waals surface area contributed by atoms with Gasteiger partial charge in [0.1, 0.15) is 0 Å². The average molecular weight is 229 g/mol. The van der Waals surface area contributed by atoms with Crippen LogP contribution in [0.1, 0.15) is 40.0 Å². The van der Waals surface area contributed by atoms with E-state index in [4.69, 9.17) is 5.73 Å². The average Bonchev–Trinajstić information content (AvgIpc) is 2.24. The molecule has 16 heavy (non-hydrogen) atoms. The molecule has 1 unspecified atom stereocenters. The summed E-state index contributed by atoms with van der Waals surface area (Å²) in [6, 6.07) is -0.401. The van der Waals surface area contributed by atoms with Gasteiger partial charge in [-0.05, 0) is 45.8 Å². The molecule has 0 saturated heterocycles. The Morgan fingerprint density at radius 3 is 2.25 bits per heavy atom. The van der Waals surface area contributed by atoms with Gasteiger partial charge in [0.15, 0.2) is 0 Å². The van der Waals surface area contributed by atoms with Crippen LogP contribution in [-0.2, 0) is 4.79 Å². The molecule has 1 atom stereocenters. The molecule has 0 aromatic carbocycles. The lowest BCUT2D eigenvalue weighted by Gasteiger charge is -2.20. The van der Waals surface area contributed by atoms with Crippen molar-refractivity contribution >= 4 is 5.91 Å². The minimum Gasteiger partial charge on any atom is -0.355 e. The number of nitrogens with one attached hydrogen (secondary N) is 1. The third kappa shape index (κ3) is 7.65. The minimum absolute atomic E-state index is 0.0578. The number of nitrogens with two attached hydrogens (primary N) is 1. The highest BCUT2D eigenvalue weighted by Gasteiger charge is 2.06. The number of hydrogen-bond donors (Lipinski definition) is 2. The number of nitrogens with zero attached hydrogens (tertiary/aromatic N) is 1. The number of rotatable bonds is 9. The van der Waals surface area contributed by atoms with Crippen molar-refractivity contribution < 1.29 is 4.79 Å². The molecule has 0 aromatic heterocycles. The maximum absolute atomic E-state index is 11.2. The first-order chi connectivity index (χ1) is 7.61. The van der Waals surface area contributed by atoms with E-state index in [-0.39, 0.29) is 5.91 Å². The van der Waals surface area contributed by atoms with Crippen LogP contribution in [0.3, 0.4) is 0 Å². The molecule has 0 spiro atoms. The van der Waals surface area contributed by atoms with Gasteiger partial charge in [-0.15, -0.1) is 0 Å². The van der Waals surface area contributed by atoms with Crippen LogP contribution in [-0.4, -0.2) is 43.0 Å². The topological polar surface area (TPSA) is 58.4 Å². The third-order valence-electron chi connectivity index (χ3n) is 2.44. The Balaban J connectivity index is 3.57. The number of carbonyl (C=O) groups is 1. The van der Waals surface area contributed by atoms with E-state index in [0.29, 0.717) is 0 Å². The van der Waals surface area contributed by atoms with Crippen LogP contribution in [0, 0.1) is 0 Å². The molecule has 0 aromatic rings. The molecular formula is C12H27N3O. The Morgan fingerprint density at radius 2 is 1.81 bits per heavy atom. The van der Waals surface area contributed by atoms with Gasteiger partial charge in [0.25, 0.3) is 0 Å². The van der Waals surface area contributed by atoms with E-state index < -0.39 is 6.04 Å². The summed E-state index contributed by atoms with van der Waals surface area (Å²) in [5.74, 6) is -0.0578. The molecule has 0 bridgehead atoms. The highest BCUT2D eigenvalue weighted by atomic mass is 16.2. The van der Waals surface area contributed by atoms with Gasteiger partial charge in [0, 0.05) is 6.54 Å².